The van der Waals surface area contributed by atoms with Crippen LogP contribution in [0.4, 0.5) is 0 Å². The Morgan fingerprint density at radius 2 is 1.43 bits per heavy atom. The van der Waals surface area contributed by atoms with Gasteiger partial charge in [0.1, 0.15) is 0 Å². The van der Waals surface area contributed by atoms with Crippen molar-refractivity contribution < 1.29 is 33.3 Å². The lowest BCUT2D eigenvalue weighted by Gasteiger charge is -2.09. The highest BCUT2D eigenvalue weighted by Crippen LogP contribution is 2.30. The largest absolute Gasteiger partial charge is 0.493 e. The van der Waals surface area contributed by atoms with Gasteiger partial charge in [0.25, 0.3) is 0 Å². The molecule has 7 nitrogen and oxygen atoms in total. The van der Waals surface area contributed by atoms with Crippen LogP contribution in [-0.4, -0.2) is 31.9 Å². The van der Waals surface area contributed by atoms with Crippen molar-refractivity contribution in [3.8, 4) is 23.0 Å². The van der Waals surface area contributed by atoms with Crippen LogP contribution in [0.1, 0.15) is 31.4 Å². The topological polar surface area (TPSA) is 88.1 Å². The van der Waals surface area contributed by atoms with Crippen LogP contribution in [0.5, 0.6) is 23.0 Å². The lowest BCUT2D eigenvalue weighted by molar-refractivity contribution is -0.134. The van der Waals surface area contributed by atoms with Gasteiger partial charge in [-0.25, -0.2) is 0 Å². The van der Waals surface area contributed by atoms with Crippen molar-refractivity contribution in [1.82, 2.24) is 0 Å². The van der Waals surface area contributed by atoms with Gasteiger partial charge >= 0.3 is 11.9 Å². The number of allylic oxidation sites excluding steroid dienone is 1. The molecule has 30 heavy (non-hydrogen) atoms. The Morgan fingerprint density at radius 1 is 0.800 bits per heavy atom. The number of carbonyl (C=O) groups is 3. The first kappa shape index (κ1) is 22.7. The van der Waals surface area contributed by atoms with Gasteiger partial charge in [0, 0.05) is 20.3 Å². The highest BCUT2D eigenvalue weighted by Gasteiger charge is 2.11. The summed E-state index contributed by atoms with van der Waals surface area (Å²) in [4.78, 5) is 34.7. The van der Waals surface area contributed by atoms with Crippen LogP contribution >= 0.6 is 0 Å². The molecule has 0 spiro atoms. The fourth-order valence-corrected chi connectivity index (χ4v) is 2.68. The van der Waals surface area contributed by atoms with E-state index in [1.807, 2.05) is 12.1 Å². The van der Waals surface area contributed by atoms with E-state index in [9.17, 15) is 14.4 Å². The molecular formula is C23H24O7. The van der Waals surface area contributed by atoms with Gasteiger partial charge in [-0.05, 0) is 47.9 Å². The zero-order chi connectivity index (χ0) is 22.1. The molecule has 0 N–H and O–H groups in total. The van der Waals surface area contributed by atoms with Crippen molar-refractivity contribution in [2.75, 3.05) is 14.2 Å². The molecule has 2 rings (SSSR count). The molecule has 0 radical (unpaired) electrons. The third-order valence-electron chi connectivity index (χ3n) is 4.04. The maximum atomic E-state index is 12.2. The van der Waals surface area contributed by atoms with E-state index < -0.39 is 11.9 Å². The summed E-state index contributed by atoms with van der Waals surface area (Å²) in [6.07, 6.45) is 3.93. The van der Waals surface area contributed by atoms with Gasteiger partial charge in [0.2, 0.25) is 0 Å². The minimum absolute atomic E-state index is 0.0668. The number of ether oxygens (including phenoxy) is 4. The van der Waals surface area contributed by atoms with E-state index in [0.717, 1.165) is 5.56 Å². The Labute approximate surface area is 175 Å². The second-order valence-corrected chi connectivity index (χ2v) is 6.38. The summed E-state index contributed by atoms with van der Waals surface area (Å²) in [6, 6.07) is 10.2. The highest BCUT2D eigenvalue weighted by molar-refractivity contribution is 5.93. The van der Waals surface area contributed by atoms with Crippen LogP contribution in [0, 0.1) is 0 Å². The number of hydrogen-bond donors (Lipinski definition) is 0. The number of methoxy groups -OCH3 is 2. The van der Waals surface area contributed by atoms with Gasteiger partial charge < -0.3 is 18.9 Å². The zero-order valence-corrected chi connectivity index (χ0v) is 17.4. The van der Waals surface area contributed by atoms with E-state index in [4.69, 9.17) is 18.9 Å². The van der Waals surface area contributed by atoms with E-state index >= 15 is 0 Å². The molecule has 7 heteroatoms. The third kappa shape index (κ3) is 6.77. The Balaban J connectivity index is 2.05. The monoisotopic (exact) mass is 412 g/mol. The number of carbonyl (C=O) groups excluding carboxylic acids is 3. The number of benzene rings is 2. The van der Waals surface area contributed by atoms with Crippen molar-refractivity contribution in [3.63, 3.8) is 0 Å². The highest BCUT2D eigenvalue weighted by atomic mass is 16.6. The van der Waals surface area contributed by atoms with Crippen molar-refractivity contribution >= 4 is 23.8 Å². The second-order valence-electron chi connectivity index (χ2n) is 6.38. The fourth-order valence-electron chi connectivity index (χ4n) is 2.68. The summed E-state index contributed by atoms with van der Waals surface area (Å²) in [6.45, 7) is 2.50. The Hall–Kier alpha value is -3.61. The smallest absolute Gasteiger partial charge is 0.308 e. The Bertz CT molecular complexity index is 960. The van der Waals surface area contributed by atoms with Crippen molar-refractivity contribution in [1.29, 1.82) is 0 Å². The summed E-state index contributed by atoms with van der Waals surface area (Å²) in [5.41, 5.74) is 1.58. The molecule has 0 aliphatic rings. The number of esters is 2. The van der Waals surface area contributed by atoms with Crippen LogP contribution in [0.25, 0.3) is 6.08 Å². The third-order valence-corrected chi connectivity index (χ3v) is 4.04. The van der Waals surface area contributed by atoms with E-state index in [-0.39, 0.29) is 17.3 Å². The lowest BCUT2D eigenvalue weighted by Crippen LogP contribution is -2.07. The van der Waals surface area contributed by atoms with Gasteiger partial charge in [-0.15, -0.1) is 0 Å². The molecule has 2 aromatic carbocycles. The zero-order valence-electron chi connectivity index (χ0n) is 17.4. The molecule has 0 amide bonds. The number of ketones is 1. The van der Waals surface area contributed by atoms with Gasteiger partial charge in [0.05, 0.1) is 14.2 Å². The second kappa shape index (κ2) is 10.8. The van der Waals surface area contributed by atoms with Crippen LogP contribution in [-0.2, 0) is 20.8 Å². The minimum atomic E-state index is -0.546. The molecule has 0 aromatic heterocycles. The summed E-state index contributed by atoms with van der Waals surface area (Å²) >= 11 is 0. The van der Waals surface area contributed by atoms with Crippen LogP contribution in [0.3, 0.4) is 0 Å². The quantitative estimate of drug-likeness (QED) is 0.352. The SMILES string of the molecule is COc1ccc(CCC(=O)/C=C/c2ccc(OC(C)=O)c(OC(C)=O)c2)cc1OC. The molecule has 0 fully saturated rings. The van der Waals surface area contributed by atoms with E-state index in [0.29, 0.717) is 29.9 Å². The Morgan fingerprint density at radius 3 is 2.07 bits per heavy atom. The lowest BCUT2D eigenvalue weighted by atomic mass is 10.1. The number of aryl methyl sites for hydroxylation is 1. The first-order valence-electron chi connectivity index (χ1n) is 9.25. The van der Waals surface area contributed by atoms with Crippen molar-refractivity contribution in [2.24, 2.45) is 0 Å². The van der Waals surface area contributed by atoms with E-state index in [1.165, 1.54) is 32.1 Å². The normalized spacial score (nSPS) is 10.5. The first-order valence-corrected chi connectivity index (χ1v) is 9.25. The van der Waals surface area contributed by atoms with Crippen molar-refractivity contribution in [3.05, 3.63) is 53.6 Å². The van der Waals surface area contributed by atoms with Gasteiger partial charge in [-0.1, -0.05) is 18.2 Å². The average Bonchev–Trinajstić information content (AvgIpc) is 2.71. The molecule has 0 aliphatic carbocycles. The summed E-state index contributed by atoms with van der Waals surface area (Å²) in [5.74, 6) is 0.347. The average molecular weight is 412 g/mol. The Kier molecular flexibility index (Phi) is 8.17. The standard InChI is InChI=1S/C23H24O7/c1-15(24)29-21-12-8-18(14-23(21)30-16(2)25)6-10-19(26)9-5-17-7-11-20(27-3)22(13-17)28-4/h6-8,10-14H,5,9H2,1-4H3/b10-6+. The summed E-state index contributed by atoms with van der Waals surface area (Å²) in [5, 5.41) is 0. The molecule has 2 aromatic rings. The predicted octanol–water partition coefficient (Wildman–Crippen LogP) is 3.77. The van der Waals surface area contributed by atoms with Gasteiger partial charge in [-0.2, -0.15) is 0 Å². The molecule has 0 heterocycles. The number of rotatable bonds is 9. The molecule has 0 saturated heterocycles. The van der Waals surface area contributed by atoms with E-state index in [1.54, 1.807) is 32.4 Å². The molecule has 158 valence electrons. The minimum Gasteiger partial charge on any atom is -0.493 e. The molecule has 0 atom stereocenters. The van der Waals surface area contributed by atoms with Gasteiger partial charge in [-0.3, -0.25) is 14.4 Å². The van der Waals surface area contributed by atoms with Crippen LogP contribution in [0.15, 0.2) is 42.5 Å². The van der Waals surface area contributed by atoms with Crippen LogP contribution in [0.2, 0.25) is 0 Å². The van der Waals surface area contributed by atoms with Gasteiger partial charge in [0.15, 0.2) is 28.8 Å². The molecular weight excluding hydrogens is 388 g/mol. The maximum absolute atomic E-state index is 12.2. The first-order chi connectivity index (χ1) is 14.3. The molecule has 0 unspecified atom stereocenters. The molecule has 0 aliphatic heterocycles. The van der Waals surface area contributed by atoms with Crippen molar-refractivity contribution in [2.45, 2.75) is 26.7 Å². The fraction of sp³-hybridized carbons (Fsp3) is 0.261. The number of hydrogen-bond acceptors (Lipinski definition) is 7. The molecule has 0 bridgehead atoms. The summed E-state index contributed by atoms with van der Waals surface area (Å²) in [7, 11) is 3.13. The van der Waals surface area contributed by atoms with Crippen LogP contribution < -0.4 is 18.9 Å². The maximum Gasteiger partial charge on any atom is 0.308 e. The predicted molar refractivity (Wildman–Crippen MR) is 111 cm³/mol. The van der Waals surface area contributed by atoms with E-state index in [2.05, 4.69) is 0 Å². The summed E-state index contributed by atoms with van der Waals surface area (Å²) < 4.78 is 20.6. The molecule has 0 saturated carbocycles.